The number of hydrazine groups is 1. The zero-order valence-corrected chi connectivity index (χ0v) is 18.1. The standard InChI is InChI=1S/C23H27N3O6/c1-3-31-18-8-10-19(11-9-18)32-15-16-4-6-17(7-5-16)22(28)25-24-20-14-21(27)26(23(20)29)12-13-30-2/h4-11,20,24H,3,12-15H2,1-2H3,(H,25,28). The number of ether oxygens (including phenoxy) is 3. The summed E-state index contributed by atoms with van der Waals surface area (Å²) in [6, 6.07) is 13.5. The molecule has 0 aromatic heterocycles. The molecule has 0 bridgehead atoms. The number of imide groups is 1. The number of hydrogen-bond donors (Lipinski definition) is 2. The lowest BCUT2D eigenvalue weighted by Crippen LogP contribution is -2.48. The van der Waals surface area contributed by atoms with Crippen molar-refractivity contribution in [1.29, 1.82) is 0 Å². The molecule has 9 nitrogen and oxygen atoms in total. The summed E-state index contributed by atoms with van der Waals surface area (Å²) in [4.78, 5) is 37.7. The van der Waals surface area contributed by atoms with Gasteiger partial charge in [-0.1, -0.05) is 12.1 Å². The fraction of sp³-hybridized carbons (Fsp3) is 0.348. The van der Waals surface area contributed by atoms with Crippen molar-refractivity contribution in [3.63, 3.8) is 0 Å². The van der Waals surface area contributed by atoms with Crippen molar-refractivity contribution in [3.8, 4) is 11.5 Å². The lowest BCUT2D eigenvalue weighted by atomic mass is 10.1. The van der Waals surface area contributed by atoms with E-state index in [-0.39, 0.29) is 31.4 Å². The molecule has 32 heavy (non-hydrogen) atoms. The summed E-state index contributed by atoms with van der Waals surface area (Å²) in [6.07, 6.45) is -0.00927. The van der Waals surface area contributed by atoms with Gasteiger partial charge in [-0.3, -0.25) is 24.7 Å². The molecule has 1 saturated heterocycles. The van der Waals surface area contributed by atoms with Crippen LogP contribution >= 0.6 is 0 Å². The number of carbonyl (C=O) groups is 3. The van der Waals surface area contributed by atoms with Gasteiger partial charge in [0.15, 0.2) is 0 Å². The van der Waals surface area contributed by atoms with Crippen LogP contribution in [0.3, 0.4) is 0 Å². The van der Waals surface area contributed by atoms with Crippen LogP contribution in [0.1, 0.15) is 29.3 Å². The van der Waals surface area contributed by atoms with E-state index in [1.807, 2.05) is 31.2 Å². The van der Waals surface area contributed by atoms with Crippen LogP contribution in [0.15, 0.2) is 48.5 Å². The van der Waals surface area contributed by atoms with Crippen LogP contribution in [0.25, 0.3) is 0 Å². The average molecular weight is 441 g/mol. The van der Waals surface area contributed by atoms with Gasteiger partial charge in [-0.15, -0.1) is 0 Å². The number of hydrogen-bond acceptors (Lipinski definition) is 7. The summed E-state index contributed by atoms with van der Waals surface area (Å²) in [6.45, 7) is 3.35. The first-order valence-electron chi connectivity index (χ1n) is 10.4. The molecule has 1 unspecified atom stereocenters. The summed E-state index contributed by atoms with van der Waals surface area (Å²) in [7, 11) is 1.50. The number of methoxy groups -OCH3 is 1. The minimum absolute atomic E-state index is 0.00927. The molecule has 1 heterocycles. The number of rotatable bonds is 11. The minimum atomic E-state index is -0.787. The third-order valence-corrected chi connectivity index (χ3v) is 4.88. The fourth-order valence-corrected chi connectivity index (χ4v) is 3.16. The van der Waals surface area contributed by atoms with Gasteiger partial charge < -0.3 is 14.2 Å². The molecule has 1 atom stereocenters. The Morgan fingerprint density at radius 2 is 1.69 bits per heavy atom. The van der Waals surface area contributed by atoms with Crippen LogP contribution in [0.4, 0.5) is 0 Å². The molecule has 2 aromatic rings. The highest BCUT2D eigenvalue weighted by Crippen LogP contribution is 2.19. The van der Waals surface area contributed by atoms with Crippen molar-refractivity contribution < 1.29 is 28.6 Å². The van der Waals surface area contributed by atoms with Crippen LogP contribution in [0.2, 0.25) is 0 Å². The first-order valence-corrected chi connectivity index (χ1v) is 10.4. The topological polar surface area (TPSA) is 106 Å². The maximum atomic E-state index is 12.4. The van der Waals surface area contributed by atoms with Crippen LogP contribution in [0, 0.1) is 0 Å². The lowest BCUT2D eigenvalue weighted by molar-refractivity contribution is -0.139. The fourth-order valence-electron chi connectivity index (χ4n) is 3.16. The molecule has 0 radical (unpaired) electrons. The molecule has 3 amide bonds. The van der Waals surface area contributed by atoms with E-state index in [9.17, 15) is 14.4 Å². The average Bonchev–Trinajstić information content (AvgIpc) is 3.08. The Morgan fingerprint density at radius 1 is 1.03 bits per heavy atom. The second kappa shape index (κ2) is 11.3. The van der Waals surface area contributed by atoms with Crippen molar-refractivity contribution in [2.24, 2.45) is 0 Å². The molecule has 1 aliphatic heterocycles. The van der Waals surface area contributed by atoms with E-state index in [0.717, 1.165) is 22.0 Å². The van der Waals surface area contributed by atoms with Crippen molar-refractivity contribution >= 4 is 17.7 Å². The molecule has 170 valence electrons. The SMILES string of the molecule is CCOc1ccc(OCc2ccc(C(=O)NNC3CC(=O)N(CCOC)C3=O)cc2)cc1. The van der Waals surface area contributed by atoms with Crippen LogP contribution in [-0.2, 0) is 20.9 Å². The Hall–Kier alpha value is -3.43. The van der Waals surface area contributed by atoms with E-state index < -0.39 is 11.9 Å². The van der Waals surface area contributed by atoms with E-state index in [1.54, 1.807) is 24.3 Å². The van der Waals surface area contributed by atoms with Gasteiger partial charge in [0.25, 0.3) is 5.91 Å². The first-order chi connectivity index (χ1) is 15.5. The van der Waals surface area contributed by atoms with Crippen molar-refractivity contribution in [2.45, 2.75) is 26.0 Å². The largest absolute Gasteiger partial charge is 0.494 e. The number of likely N-dealkylation sites (tertiary alicyclic amines) is 1. The third-order valence-electron chi connectivity index (χ3n) is 4.88. The zero-order valence-electron chi connectivity index (χ0n) is 18.1. The van der Waals surface area contributed by atoms with Gasteiger partial charge in [0.2, 0.25) is 11.8 Å². The number of nitrogens with one attached hydrogen (secondary N) is 2. The maximum absolute atomic E-state index is 12.4. The van der Waals surface area contributed by atoms with Crippen LogP contribution in [-0.4, -0.2) is 55.5 Å². The maximum Gasteiger partial charge on any atom is 0.265 e. The highest BCUT2D eigenvalue weighted by atomic mass is 16.5. The lowest BCUT2D eigenvalue weighted by Gasteiger charge is -2.15. The highest BCUT2D eigenvalue weighted by molar-refractivity contribution is 6.05. The third kappa shape index (κ3) is 6.05. The van der Waals surface area contributed by atoms with Gasteiger partial charge in [-0.05, 0) is 48.9 Å². The molecule has 0 saturated carbocycles. The second-order valence-electron chi connectivity index (χ2n) is 7.12. The molecule has 0 spiro atoms. The van der Waals surface area contributed by atoms with Crippen LogP contribution < -0.4 is 20.3 Å². The highest BCUT2D eigenvalue weighted by Gasteiger charge is 2.38. The molecular formula is C23H27N3O6. The Kier molecular flexibility index (Phi) is 8.18. The number of amides is 3. The van der Waals surface area contributed by atoms with E-state index in [1.165, 1.54) is 7.11 Å². The number of benzene rings is 2. The quantitative estimate of drug-likeness (QED) is 0.404. The summed E-state index contributed by atoms with van der Waals surface area (Å²) < 4.78 is 16.1. The predicted molar refractivity (Wildman–Crippen MR) is 116 cm³/mol. The molecule has 1 fully saturated rings. The second-order valence-corrected chi connectivity index (χ2v) is 7.12. The van der Waals surface area contributed by atoms with E-state index >= 15 is 0 Å². The van der Waals surface area contributed by atoms with Crippen molar-refractivity contribution in [3.05, 3.63) is 59.7 Å². The van der Waals surface area contributed by atoms with Gasteiger partial charge in [0.1, 0.15) is 24.1 Å². The van der Waals surface area contributed by atoms with Gasteiger partial charge >= 0.3 is 0 Å². The van der Waals surface area contributed by atoms with Gasteiger partial charge in [-0.25, -0.2) is 5.43 Å². The van der Waals surface area contributed by atoms with E-state index in [4.69, 9.17) is 14.2 Å². The van der Waals surface area contributed by atoms with Crippen molar-refractivity contribution in [1.82, 2.24) is 15.8 Å². The number of carbonyl (C=O) groups excluding carboxylic acids is 3. The Morgan fingerprint density at radius 3 is 2.31 bits per heavy atom. The molecule has 3 rings (SSSR count). The molecule has 0 aliphatic carbocycles. The molecule has 2 N–H and O–H groups in total. The Bertz CT molecular complexity index is 930. The van der Waals surface area contributed by atoms with Crippen LogP contribution in [0.5, 0.6) is 11.5 Å². The number of nitrogens with zero attached hydrogens (tertiary/aromatic N) is 1. The van der Waals surface area contributed by atoms with E-state index in [2.05, 4.69) is 10.9 Å². The normalized spacial score (nSPS) is 15.7. The first kappa shape index (κ1) is 23.2. The van der Waals surface area contributed by atoms with Crippen molar-refractivity contribution in [2.75, 3.05) is 26.9 Å². The summed E-state index contributed by atoms with van der Waals surface area (Å²) in [5.41, 5.74) is 6.46. The zero-order chi connectivity index (χ0) is 22.9. The Balaban J connectivity index is 1.46. The minimum Gasteiger partial charge on any atom is -0.494 e. The Labute approximate surface area is 186 Å². The molecule has 1 aliphatic rings. The van der Waals surface area contributed by atoms with Gasteiger partial charge in [0.05, 0.1) is 26.2 Å². The molecule has 2 aromatic carbocycles. The summed E-state index contributed by atoms with van der Waals surface area (Å²) in [5, 5.41) is 0. The van der Waals surface area contributed by atoms with E-state index in [0.29, 0.717) is 18.8 Å². The monoisotopic (exact) mass is 441 g/mol. The summed E-state index contributed by atoms with van der Waals surface area (Å²) >= 11 is 0. The van der Waals surface area contributed by atoms with Gasteiger partial charge in [-0.2, -0.15) is 0 Å². The molecular weight excluding hydrogens is 414 g/mol. The summed E-state index contributed by atoms with van der Waals surface area (Å²) in [5.74, 6) is 0.425. The van der Waals surface area contributed by atoms with Gasteiger partial charge in [0, 0.05) is 12.7 Å². The predicted octanol–water partition coefficient (Wildman–Crippen LogP) is 1.67. The smallest absolute Gasteiger partial charge is 0.265 e. The molecule has 9 heteroatoms.